The third-order valence-electron chi connectivity index (χ3n) is 3.95. The van der Waals surface area contributed by atoms with Crippen LogP contribution in [0, 0.1) is 11.8 Å². The first-order chi connectivity index (χ1) is 7.74. The molecule has 0 radical (unpaired) electrons. The van der Waals surface area contributed by atoms with Gasteiger partial charge in [-0.3, -0.25) is 0 Å². The third kappa shape index (κ3) is 1.53. The largest absolute Gasteiger partial charge is 0.393 e. The Morgan fingerprint density at radius 1 is 1.38 bits per heavy atom. The number of nitrogen functional groups attached to an aromatic ring is 1. The van der Waals surface area contributed by atoms with E-state index in [0.29, 0.717) is 17.7 Å². The molecule has 2 heterocycles. The van der Waals surface area contributed by atoms with Gasteiger partial charge in [0.1, 0.15) is 5.82 Å². The maximum atomic E-state index is 9.85. The quantitative estimate of drug-likeness (QED) is 0.735. The number of hydrogen-bond donors (Lipinski definition) is 2. The summed E-state index contributed by atoms with van der Waals surface area (Å²) in [4.78, 5) is 6.32. The van der Waals surface area contributed by atoms with Crippen LogP contribution in [-0.4, -0.2) is 29.3 Å². The molecule has 3 atom stereocenters. The highest BCUT2D eigenvalue weighted by molar-refractivity contribution is 5.53. The summed E-state index contributed by atoms with van der Waals surface area (Å²) in [7, 11) is 0. The van der Waals surface area contributed by atoms with Crippen molar-refractivity contribution >= 4 is 11.5 Å². The molecule has 1 aromatic heterocycles. The predicted octanol–water partition coefficient (Wildman–Crippen LogP) is 0.871. The number of nitrogens with zero attached hydrogens (tertiary/aromatic N) is 2. The van der Waals surface area contributed by atoms with Crippen molar-refractivity contribution in [2.75, 3.05) is 23.7 Å². The molecular weight excluding hydrogens is 202 g/mol. The van der Waals surface area contributed by atoms with E-state index in [0.717, 1.165) is 31.6 Å². The fraction of sp³-hybridized carbons (Fsp3) is 0.583. The van der Waals surface area contributed by atoms with Crippen LogP contribution in [0.2, 0.25) is 0 Å². The highest BCUT2D eigenvalue weighted by Gasteiger charge is 2.41. The minimum absolute atomic E-state index is 0.103. The molecule has 86 valence electrons. The molecule has 3 N–H and O–H groups in total. The second-order valence-electron chi connectivity index (χ2n) is 4.91. The van der Waals surface area contributed by atoms with Crippen molar-refractivity contribution in [3.63, 3.8) is 0 Å². The van der Waals surface area contributed by atoms with E-state index in [1.807, 2.05) is 12.1 Å². The number of pyridine rings is 1. The van der Waals surface area contributed by atoms with E-state index in [4.69, 9.17) is 5.73 Å². The van der Waals surface area contributed by atoms with Crippen LogP contribution in [0.25, 0.3) is 0 Å². The highest BCUT2D eigenvalue weighted by atomic mass is 16.3. The van der Waals surface area contributed by atoms with Gasteiger partial charge in [-0.05, 0) is 24.8 Å². The summed E-state index contributed by atoms with van der Waals surface area (Å²) in [5, 5.41) is 9.85. The number of aliphatic hydroxyl groups excluding tert-OH is 1. The lowest BCUT2D eigenvalue weighted by atomic mass is 10.00. The molecule has 0 amide bonds. The van der Waals surface area contributed by atoms with Gasteiger partial charge in [0.05, 0.1) is 6.10 Å². The maximum absolute atomic E-state index is 9.85. The molecule has 3 rings (SSSR count). The Hall–Kier alpha value is -1.29. The van der Waals surface area contributed by atoms with Gasteiger partial charge in [-0.1, -0.05) is 0 Å². The van der Waals surface area contributed by atoms with E-state index in [-0.39, 0.29) is 6.10 Å². The van der Waals surface area contributed by atoms with E-state index in [1.54, 1.807) is 6.20 Å². The van der Waals surface area contributed by atoms with Crippen LogP contribution >= 0.6 is 0 Å². The summed E-state index contributed by atoms with van der Waals surface area (Å²) < 4.78 is 0. The minimum atomic E-state index is -0.103. The van der Waals surface area contributed by atoms with Gasteiger partial charge in [0.15, 0.2) is 0 Å². The van der Waals surface area contributed by atoms with Crippen LogP contribution in [0.1, 0.15) is 12.8 Å². The molecule has 0 bridgehead atoms. The van der Waals surface area contributed by atoms with Gasteiger partial charge in [0, 0.05) is 37.0 Å². The van der Waals surface area contributed by atoms with Crippen LogP contribution in [0.3, 0.4) is 0 Å². The van der Waals surface area contributed by atoms with Crippen molar-refractivity contribution in [3.05, 3.63) is 18.3 Å². The van der Waals surface area contributed by atoms with Gasteiger partial charge in [-0.15, -0.1) is 0 Å². The van der Waals surface area contributed by atoms with Gasteiger partial charge in [-0.2, -0.15) is 0 Å². The number of hydrogen-bond acceptors (Lipinski definition) is 4. The number of anilines is 2. The fourth-order valence-electron chi connectivity index (χ4n) is 3.08. The summed E-state index contributed by atoms with van der Waals surface area (Å²) in [6, 6.07) is 3.90. The first-order valence-electron chi connectivity index (χ1n) is 5.88. The van der Waals surface area contributed by atoms with Crippen molar-refractivity contribution in [2.24, 2.45) is 11.8 Å². The molecule has 3 unspecified atom stereocenters. The molecule has 2 fully saturated rings. The zero-order chi connectivity index (χ0) is 11.1. The lowest BCUT2D eigenvalue weighted by Crippen LogP contribution is -2.24. The first kappa shape index (κ1) is 9.90. The smallest absolute Gasteiger partial charge is 0.125 e. The molecular formula is C12H17N3O. The van der Waals surface area contributed by atoms with Crippen molar-refractivity contribution in [2.45, 2.75) is 18.9 Å². The van der Waals surface area contributed by atoms with Crippen molar-refractivity contribution in [1.29, 1.82) is 0 Å². The van der Waals surface area contributed by atoms with E-state index in [1.165, 1.54) is 0 Å². The zero-order valence-corrected chi connectivity index (χ0v) is 9.21. The van der Waals surface area contributed by atoms with Crippen molar-refractivity contribution < 1.29 is 5.11 Å². The second kappa shape index (κ2) is 3.63. The first-order valence-corrected chi connectivity index (χ1v) is 5.88. The molecule has 4 nitrogen and oxygen atoms in total. The Kier molecular flexibility index (Phi) is 2.24. The Labute approximate surface area is 95.1 Å². The highest BCUT2D eigenvalue weighted by Crippen LogP contribution is 2.39. The summed E-state index contributed by atoms with van der Waals surface area (Å²) in [6.45, 7) is 2.00. The maximum Gasteiger partial charge on any atom is 0.125 e. The van der Waals surface area contributed by atoms with Gasteiger partial charge < -0.3 is 15.7 Å². The Morgan fingerprint density at radius 2 is 2.25 bits per heavy atom. The average molecular weight is 219 g/mol. The van der Waals surface area contributed by atoms with Crippen LogP contribution in [-0.2, 0) is 0 Å². The lowest BCUT2D eigenvalue weighted by molar-refractivity contribution is 0.133. The minimum Gasteiger partial charge on any atom is -0.393 e. The van der Waals surface area contributed by atoms with Gasteiger partial charge >= 0.3 is 0 Å². The van der Waals surface area contributed by atoms with Crippen LogP contribution < -0.4 is 10.6 Å². The molecule has 1 saturated heterocycles. The van der Waals surface area contributed by atoms with E-state index in [9.17, 15) is 5.11 Å². The molecule has 4 heteroatoms. The SMILES string of the molecule is Nc1cc(N2CC3CCC(O)C3C2)ccn1. The van der Waals surface area contributed by atoms with Crippen LogP contribution in [0.5, 0.6) is 0 Å². The number of nitrogens with two attached hydrogens (primary N) is 1. The monoisotopic (exact) mass is 219 g/mol. The van der Waals surface area contributed by atoms with E-state index < -0.39 is 0 Å². The number of aromatic nitrogens is 1. The standard InChI is InChI=1S/C12H17N3O/c13-12-5-9(3-4-14-12)15-6-8-1-2-11(16)10(8)7-15/h3-5,8,10-11,16H,1-2,6-7H2,(H2,13,14). The Balaban J connectivity index is 1.79. The lowest BCUT2D eigenvalue weighted by Gasteiger charge is -2.20. The van der Waals surface area contributed by atoms with E-state index >= 15 is 0 Å². The number of fused-ring (bicyclic) bond motifs is 1. The Bertz CT molecular complexity index is 396. The molecule has 1 aliphatic carbocycles. The van der Waals surface area contributed by atoms with Gasteiger partial charge in [-0.25, -0.2) is 4.98 Å². The summed E-state index contributed by atoms with van der Waals surface area (Å²) in [5.74, 6) is 1.67. The molecule has 16 heavy (non-hydrogen) atoms. The average Bonchev–Trinajstić information content (AvgIpc) is 2.81. The van der Waals surface area contributed by atoms with E-state index in [2.05, 4.69) is 9.88 Å². The van der Waals surface area contributed by atoms with Crippen LogP contribution in [0.4, 0.5) is 11.5 Å². The topological polar surface area (TPSA) is 62.4 Å². The fourth-order valence-corrected chi connectivity index (χ4v) is 3.08. The van der Waals surface area contributed by atoms with Gasteiger partial charge in [0.2, 0.25) is 0 Å². The molecule has 0 aromatic carbocycles. The van der Waals surface area contributed by atoms with Crippen molar-refractivity contribution in [3.8, 4) is 0 Å². The van der Waals surface area contributed by atoms with Crippen molar-refractivity contribution in [1.82, 2.24) is 4.98 Å². The number of rotatable bonds is 1. The summed E-state index contributed by atoms with van der Waals surface area (Å²) in [6.07, 6.45) is 3.77. The number of aliphatic hydroxyl groups is 1. The second-order valence-corrected chi connectivity index (χ2v) is 4.91. The third-order valence-corrected chi connectivity index (χ3v) is 3.95. The summed E-state index contributed by atoms with van der Waals surface area (Å²) >= 11 is 0. The Morgan fingerprint density at radius 3 is 3.00 bits per heavy atom. The molecule has 2 aliphatic rings. The molecule has 1 aliphatic heterocycles. The molecule has 1 saturated carbocycles. The molecule has 1 aromatic rings. The van der Waals surface area contributed by atoms with Gasteiger partial charge in [0.25, 0.3) is 0 Å². The normalized spacial score (nSPS) is 33.1. The molecule has 0 spiro atoms. The summed E-state index contributed by atoms with van der Waals surface area (Å²) in [5.41, 5.74) is 6.82. The van der Waals surface area contributed by atoms with Crippen LogP contribution in [0.15, 0.2) is 18.3 Å². The predicted molar refractivity (Wildman–Crippen MR) is 63.1 cm³/mol. The zero-order valence-electron chi connectivity index (χ0n) is 9.21.